The topological polar surface area (TPSA) is 67.7 Å². The van der Waals surface area contributed by atoms with Gasteiger partial charge in [-0.1, -0.05) is 18.2 Å². The predicted octanol–water partition coefficient (Wildman–Crippen LogP) is 2.02. The van der Waals surface area contributed by atoms with E-state index in [0.717, 1.165) is 31.0 Å². The fraction of sp³-hybridized carbons (Fsp3) is 0.500. The molecular weight excluding hydrogens is 368 g/mol. The standard InChI is InChI=1S/C22H28N4O3/c1-24-14-11-23-20(24)10-13-25-18-9-12-26(19(18)16-22(25)28)21(27)8-5-15-29-17-6-3-2-4-7-17/h2-4,6-7,11,14,18-19H,5,8-10,12-13,15-16H2,1H3/t18-,19-/m0/s1. The molecule has 2 saturated heterocycles. The van der Waals surface area contributed by atoms with Gasteiger partial charge in [0.25, 0.3) is 0 Å². The number of likely N-dealkylation sites (tertiary alicyclic amines) is 2. The second-order valence-corrected chi connectivity index (χ2v) is 7.77. The summed E-state index contributed by atoms with van der Waals surface area (Å²) in [5.41, 5.74) is 0. The number of hydrogen-bond donors (Lipinski definition) is 0. The van der Waals surface area contributed by atoms with Gasteiger partial charge in [-0.3, -0.25) is 9.59 Å². The molecule has 1 aromatic heterocycles. The van der Waals surface area contributed by atoms with Crippen LogP contribution in [-0.4, -0.2) is 62.9 Å². The maximum atomic E-state index is 12.7. The second kappa shape index (κ2) is 8.68. The predicted molar refractivity (Wildman–Crippen MR) is 108 cm³/mol. The van der Waals surface area contributed by atoms with Gasteiger partial charge < -0.3 is 19.1 Å². The molecule has 4 rings (SSSR count). The molecular formula is C22H28N4O3. The Hall–Kier alpha value is -2.83. The molecule has 0 aliphatic carbocycles. The SMILES string of the molecule is Cn1ccnc1CCN1C(=O)C[C@H]2[C@@H]1CCN2C(=O)CCCOc1ccccc1. The molecule has 2 aromatic rings. The Bertz CT molecular complexity index is 851. The van der Waals surface area contributed by atoms with Crippen LogP contribution in [0, 0.1) is 0 Å². The van der Waals surface area contributed by atoms with Gasteiger partial charge in [0.2, 0.25) is 11.8 Å². The number of aryl methyl sites for hydroxylation is 1. The van der Waals surface area contributed by atoms with Crippen LogP contribution in [0.1, 0.15) is 31.5 Å². The van der Waals surface area contributed by atoms with E-state index in [9.17, 15) is 9.59 Å². The zero-order chi connectivity index (χ0) is 20.2. The fourth-order valence-corrected chi connectivity index (χ4v) is 4.46. The molecule has 0 bridgehead atoms. The van der Waals surface area contributed by atoms with Crippen LogP contribution in [0.5, 0.6) is 5.75 Å². The highest BCUT2D eigenvalue weighted by Crippen LogP contribution is 2.33. The Morgan fingerprint density at radius 1 is 1.24 bits per heavy atom. The largest absolute Gasteiger partial charge is 0.494 e. The molecule has 0 spiro atoms. The number of fused-ring (bicyclic) bond motifs is 1. The third kappa shape index (κ3) is 4.28. The number of aromatic nitrogens is 2. The van der Waals surface area contributed by atoms with Gasteiger partial charge in [0.05, 0.1) is 18.7 Å². The number of hydrogen-bond acceptors (Lipinski definition) is 4. The summed E-state index contributed by atoms with van der Waals surface area (Å²) in [5, 5.41) is 0. The highest BCUT2D eigenvalue weighted by atomic mass is 16.5. The number of carbonyl (C=O) groups excluding carboxylic acids is 2. The van der Waals surface area contributed by atoms with E-state index in [0.29, 0.717) is 32.4 Å². The van der Waals surface area contributed by atoms with Crippen molar-refractivity contribution >= 4 is 11.8 Å². The number of amides is 2. The molecule has 2 atom stereocenters. The first-order valence-electron chi connectivity index (χ1n) is 10.4. The smallest absolute Gasteiger partial charge is 0.225 e. The van der Waals surface area contributed by atoms with Crippen molar-refractivity contribution in [3.05, 3.63) is 48.5 Å². The summed E-state index contributed by atoms with van der Waals surface area (Å²) in [5.74, 6) is 2.09. The van der Waals surface area contributed by atoms with Gasteiger partial charge in [0.15, 0.2) is 0 Å². The van der Waals surface area contributed by atoms with Crippen molar-refractivity contribution in [1.82, 2.24) is 19.4 Å². The Kier molecular flexibility index (Phi) is 5.83. The van der Waals surface area contributed by atoms with Crippen molar-refractivity contribution in [2.75, 3.05) is 19.7 Å². The van der Waals surface area contributed by atoms with Gasteiger partial charge in [0, 0.05) is 51.8 Å². The highest BCUT2D eigenvalue weighted by Gasteiger charge is 2.47. The van der Waals surface area contributed by atoms with E-state index in [1.54, 1.807) is 6.20 Å². The van der Waals surface area contributed by atoms with Gasteiger partial charge >= 0.3 is 0 Å². The zero-order valence-corrected chi connectivity index (χ0v) is 16.9. The molecule has 0 N–H and O–H groups in total. The number of benzene rings is 1. The van der Waals surface area contributed by atoms with Gasteiger partial charge in [0.1, 0.15) is 11.6 Å². The number of rotatable bonds is 8. The number of para-hydroxylation sites is 1. The van der Waals surface area contributed by atoms with E-state index in [-0.39, 0.29) is 23.9 Å². The van der Waals surface area contributed by atoms with Crippen molar-refractivity contribution < 1.29 is 14.3 Å². The van der Waals surface area contributed by atoms with E-state index in [4.69, 9.17) is 4.74 Å². The van der Waals surface area contributed by atoms with E-state index < -0.39 is 0 Å². The van der Waals surface area contributed by atoms with Crippen LogP contribution < -0.4 is 4.74 Å². The molecule has 2 aliphatic heterocycles. The number of ether oxygens (including phenoxy) is 1. The summed E-state index contributed by atoms with van der Waals surface area (Å²) < 4.78 is 7.66. The molecule has 2 amide bonds. The van der Waals surface area contributed by atoms with Crippen LogP contribution >= 0.6 is 0 Å². The third-order valence-corrected chi connectivity index (χ3v) is 5.98. The van der Waals surface area contributed by atoms with Crippen LogP contribution in [0.3, 0.4) is 0 Å². The summed E-state index contributed by atoms with van der Waals surface area (Å²) in [4.78, 5) is 33.5. The highest BCUT2D eigenvalue weighted by molar-refractivity contribution is 5.83. The Morgan fingerprint density at radius 3 is 2.83 bits per heavy atom. The molecule has 7 heteroatoms. The number of carbonyl (C=O) groups is 2. The van der Waals surface area contributed by atoms with Crippen molar-refractivity contribution in [1.29, 1.82) is 0 Å². The van der Waals surface area contributed by atoms with Crippen LogP contribution in [-0.2, 0) is 23.1 Å². The van der Waals surface area contributed by atoms with E-state index in [1.807, 2.05) is 57.9 Å². The maximum absolute atomic E-state index is 12.7. The number of imidazole rings is 1. The molecule has 0 saturated carbocycles. The minimum Gasteiger partial charge on any atom is -0.494 e. The fourth-order valence-electron chi connectivity index (χ4n) is 4.46. The van der Waals surface area contributed by atoms with Gasteiger partial charge in [-0.2, -0.15) is 0 Å². The lowest BCUT2D eigenvalue weighted by Crippen LogP contribution is -2.40. The van der Waals surface area contributed by atoms with Crippen molar-refractivity contribution in [3.8, 4) is 5.75 Å². The molecule has 0 radical (unpaired) electrons. The Labute approximate surface area is 171 Å². The van der Waals surface area contributed by atoms with E-state index >= 15 is 0 Å². The monoisotopic (exact) mass is 396 g/mol. The maximum Gasteiger partial charge on any atom is 0.225 e. The summed E-state index contributed by atoms with van der Waals surface area (Å²) in [6.07, 6.45) is 6.88. The Balaban J connectivity index is 1.26. The van der Waals surface area contributed by atoms with Gasteiger partial charge in [-0.25, -0.2) is 4.98 Å². The first-order valence-corrected chi connectivity index (χ1v) is 10.4. The summed E-state index contributed by atoms with van der Waals surface area (Å²) >= 11 is 0. The molecule has 0 unspecified atom stereocenters. The van der Waals surface area contributed by atoms with Crippen LogP contribution in [0.25, 0.3) is 0 Å². The van der Waals surface area contributed by atoms with Crippen LogP contribution in [0.4, 0.5) is 0 Å². The molecule has 3 heterocycles. The molecule has 154 valence electrons. The normalized spacial score (nSPS) is 20.9. The lowest BCUT2D eigenvalue weighted by molar-refractivity contribution is -0.132. The quantitative estimate of drug-likeness (QED) is 0.641. The average Bonchev–Trinajstić information content (AvgIpc) is 3.40. The van der Waals surface area contributed by atoms with Gasteiger partial charge in [-0.05, 0) is 25.0 Å². The molecule has 7 nitrogen and oxygen atoms in total. The summed E-state index contributed by atoms with van der Waals surface area (Å²) in [6.45, 7) is 1.92. The van der Waals surface area contributed by atoms with Crippen molar-refractivity contribution in [2.24, 2.45) is 7.05 Å². The third-order valence-electron chi connectivity index (χ3n) is 5.98. The first kappa shape index (κ1) is 19.5. The van der Waals surface area contributed by atoms with Crippen LogP contribution in [0.2, 0.25) is 0 Å². The zero-order valence-electron chi connectivity index (χ0n) is 16.9. The number of nitrogens with zero attached hydrogens (tertiary/aromatic N) is 4. The van der Waals surface area contributed by atoms with Gasteiger partial charge in [-0.15, -0.1) is 0 Å². The second-order valence-electron chi connectivity index (χ2n) is 7.77. The van der Waals surface area contributed by atoms with Crippen LogP contribution in [0.15, 0.2) is 42.7 Å². The van der Waals surface area contributed by atoms with E-state index in [2.05, 4.69) is 4.98 Å². The van der Waals surface area contributed by atoms with Crippen molar-refractivity contribution in [2.45, 2.75) is 44.2 Å². The lowest BCUT2D eigenvalue weighted by Gasteiger charge is -2.25. The first-order chi connectivity index (χ1) is 14.1. The average molecular weight is 396 g/mol. The van der Waals surface area contributed by atoms with E-state index in [1.165, 1.54) is 0 Å². The Morgan fingerprint density at radius 2 is 2.07 bits per heavy atom. The van der Waals surface area contributed by atoms with Crippen molar-refractivity contribution in [3.63, 3.8) is 0 Å². The molecule has 29 heavy (non-hydrogen) atoms. The molecule has 2 fully saturated rings. The minimum absolute atomic E-state index is 0.0198. The lowest BCUT2D eigenvalue weighted by atomic mass is 10.1. The minimum atomic E-state index is 0.0198. The summed E-state index contributed by atoms with van der Waals surface area (Å²) in [7, 11) is 1.97. The summed E-state index contributed by atoms with van der Waals surface area (Å²) in [6, 6.07) is 9.80. The molecule has 2 aliphatic rings. The molecule has 1 aromatic carbocycles.